The number of amides is 2. The number of fused-ring (bicyclic) bond motifs is 1. The van der Waals surface area contributed by atoms with Crippen molar-refractivity contribution >= 4 is 38.6 Å². The van der Waals surface area contributed by atoms with Crippen LogP contribution in [0.1, 0.15) is 20.7 Å². The Labute approximate surface area is 139 Å². The molecule has 3 rings (SSSR count). The van der Waals surface area contributed by atoms with Crippen LogP contribution in [0.2, 0.25) is 0 Å². The third-order valence-corrected chi connectivity index (χ3v) is 3.99. The molecular formula is C16H11BrFN3O2. The number of carbonyl (C=O) groups is 2. The first kappa shape index (κ1) is 15.2. The van der Waals surface area contributed by atoms with E-state index < -0.39 is 17.6 Å². The van der Waals surface area contributed by atoms with Crippen molar-refractivity contribution in [3.05, 3.63) is 70.1 Å². The van der Waals surface area contributed by atoms with Gasteiger partial charge in [-0.1, -0.05) is 18.2 Å². The first-order valence-electron chi connectivity index (χ1n) is 6.68. The molecule has 0 spiro atoms. The van der Waals surface area contributed by atoms with Crippen molar-refractivity contribution in [2.24, 2.45) is 0 Å². The molecule has 0 radical (unpaired) electrons. The van der Waals surface area contributed by atoms with Gasteiger partial charge in [0.2, 0.25) is 0 Å². The van der Waals surface area contributed by atoms with E-state index in [0.717, 1.165) is 17.0 Å². The fourth-order valence-corrected chi connectivity index (χ4v) is 2.61. The Morgan fingerprint density at radius 1 is 1.00 bits per heavy atom. The molecule has 0 aliphatic rings. The number of hydrogen-bond donors (Lipinski definition) is 3. The molecule has 1 heterocycles. The van der Waals surface area contributed by atoms with E-state index in [9.17, 15) is 14.0 Å². The number of hydrogen-bond acceptors (Lipinski definition) is 2. The van der Waals surface area contributed by atoms with Crippen molar-refractivity contribution in [1.82, 2.24) is 15.8 Å². The molecule has 3 aromatic rings. The van der Waals surface area contributed by atoms with Gasteiger partial charge in [-0.15, -0.1) is 0 Å². The monoisotopic (exact) mass is 375 g/mol. The highest BCUT2D eigenvalue weighted by molar-refractivity contribution is 9.10. The van der Waals surface area contributed by atoms with Gasteiger partial charge in [-0.3, -0.25) is 20.4 Å². The van der Waals surface area contributed by atoms with Gasteiger partial charge in [-0.05, 0) is 40.2 Å². The number of aromatic nitrogens is 1. The molecular weight excluding hydrogens is 365 g/mol. The second-order valence-corrected chi connectivity index (χ2v) is 5.63. The predicted molar refractivity (Wildman–Crippen MR) is 87.3 cm³/mol. The molecule has 0 bridgehead atoms. The van der Waals surface area contributed by atoms with Gasteiger partial charge >= 0.3 is 0 Å². The second kappa shape index (κ2) is 6.21. The summed E-state index contributed by atoms with van der Waals surface area (Å²) in [5, 5.41) is 0.742. The minimum Gasteiger partial charge on any atom is -0.360 e. The van der Waals surface area contributed by atoms with Crippen LogP contribution < -0.4 is 10.9 Å². The molecule has 7 heteroatoms. The maximum Gasteiger partial charge on any atom is 0.271 e. The van der Waals surface area contributed by atoms with Gasteiger partial charge in [0.15, 0.2) is 0 Å². The smallest absolute Gasteiger partial charge is 0.271 e. The van der Waals surface area contributed by atoms with E-state index in [1.807, 2.05) is 18.2 Å². The Hall–Kier alpha value is -2.67. The lowest BCUT2D eigenvalue weighted by Gasteiger charge is -2.08. The number of para-hydroxylation sites is 1. The lowest BCUT2D eigenvalue weighted by Crippen LogP contribution is -2.41. The Kier molecular flexibility index (Phi) is 4.12. The molecule has 0 saturated carbocycles. The third-order valence-electron chi connectivity index (χ3n) is 3.30. The van der Waals surface area contributed by atoms with Crippen LogP contribution in [0.5, 0.6) is 0 Å². The van der Waals surface area contributed by atoms with Crippen LogP contribution in [0.25, 0.3) is 10.9 Å². The van der Waals surface area contributed by atoms with Gasteiger partial charge in [0, 0.05) is 21.6 Å². The quantitative estimate of drug-likeness (QED) is 0.602. The highest BCUT2D eigenvalue weighted by Crippen LogP contribution is 2.18. The lowest BCUT2D eigenvalue weighted by atomic mass is 10.2. The molecule has 1 aromatic heterocycles. The van der Waals surface area contributed by atoms with Crippen molar-refractivity contribution in [2.75, 3.05) is 0 Å². The molecule has 3 N–H and O–H groups in total. The van der Waals surface area contributed by atoms with Gasteiger partial charge in [0.05, 0.1) is 11.1 Å². The number of H-pyrrole nitrogens is 1. The summed E-state index contributed by atoms with van der Waals surface area (Å²) >= 11 is 3.16. The highest BCUT2D eigenvalue weighted by atomic mass is 79.9. The first-order valence-corrected chi connectivity index (χ1v) is 7.47. The number of aromatic amines is 1. The Morgan fingerprint density at radius 3 is 2.48 bits per heavy atom. The number of halogens is 2. The van der Waals surface area contributed by atoms with E-state index >= 15 is 0 Å². The predicted octanol–water partition coefficient (Wildman–Crippen LogP) is 3.14. The maximum atomic E-state index is 13.2. The molecule has 2 amide bonds. The van der Waals surface area contributed by atoms with E-state index in [2.05, 4.69) is 31.8 Å². The molecule has 23 heavy (non-hydrogen) atoms. The van der Waals surface area contributed by atoms with Crippen LogP contribution >= 0.6 is 15.9 Å². The molecule has 0 saturated heterocycles. The third kappa shape index (κ3) is 3.09. The molecule has 2 aromatic carbocycles. The van der Waals surface area contributed by atoms with E-state index in [1.54, 1.807) is 12.3 Å². The highest BCUT2D eigenvalue weighted by Gasteiger charge is 2.15. The standard InChI is InChI=1S/C16H11BrFN3O2/c17-13-6-5-9(18)7-11(13)15(22)20-21-16(23)12-8-19-14-4-2-1-3-10(12)14/h1-8,19H,(H,20,22)(H,21,23). The summed E-state index contributed by atoms with van der Waals surface area (Å²) in [5.41, 5.74) is 5.90. The molecule has 0 aliphatic heterocycles. The molecule has 0 aliphatic carbocycles. The van der Waals surface area contributed by atoms with E-state index in [1.165, 1.54) is 12.1 Å². The van der Waals surface area contributed by atoms with Gasteiger partial charge in [0.25, 0.3) is 11.8 Å². The summed E-state index contributed by atoms with van der Waals surface area (Å²) in [6, 6.07) is 11.0. The van der Waals surface area contributed by atoms with Crippen molar-refractivity contribution in [3.8, 4) is 0 Å². The van der Waals surface area contributed by atoms with Crippen LogP contribution in [0.4, 0.5) is 4.39 Å². The molecule has 0 unspecified atom stereocenters. The average molecular weight is 376 g/mol. The number of nitrogens with one attached hydrogen (secondary N) is 3. The van der Waals surface area contributed by atoms with Crippen molar-refractivity contribution in [3.63, 3.8) is 0 Å². The van der Waals surface area contributed by atoms with Crippen LogP contribution in [-0.2, 0) is 0 Å². The van der Waals surface area contributed by atoms with Crippen LogP contribution in [0, 0.1) is 5.82 Å². The second-order valence-electron chi connectivity index (χ2n) is 4.78. The van der Waals surface area contributed by atoms with Gasteiger partial charge in [-0.25, -0.2) is 4.39 Å². The first-order chi connectivity index (χ1) is 11.1. The number of rotatable bonds is 2. The number of carbonyl (C=O) groups excluding carboxylic acids is 2. The van der Waals surface area contributed by atoms with Crippen molar-refractivity contribution in [1.29, 1.82) is 0 Å². The average Bonchev–Trinajstić information content (AvgIpc) is 2.98. The minimum absolute atomic E-state index is 0.0872. The largest absolute Gasteiger partial charge is 0.360 e. The number of hydrazine groups is 1. The fourth-order valence-electron chi connectivity index (χ4n) is 2.18. The van der Waals surface area contributed by atoms with Crippen LogP contribution in [-0.4, -0.2) is 16.8 Å². The van der Waals surface area contributed by atoms with Gasteiger partial charge in [-0.2, -0.15) is 0 Å². The Morgan fingerprint density at radius 2 is 1.70 bits per heavy atom. The summed E-state index contributed by atoms with van der Waals surface area (Å²) < 4.78 is 13.6. The van der Waals surface area contributed by atoms with Gasteiger partial charge in [0.1, 0.15) is 5.82 Å². The van der Waals surface area contributed by atoms with Crippen LogP contribution in [0.3, 0.4) is 0 Å². The topological polar surface area (TPSA) is 74.0 Å². The molecule has 0 atom stereocenters. The zero-order chi connectivity index (χ0) is 16.4. The molecule has 116 valence electrons. The Balaban J connectivity index is 1.74. The van der Waals surface area contributed by atoms with Crippen LogP contribution in [0.15, 0.2) is 53.1 Å². The summed E-state index contributed by atoms with van der Waals surface area (Å²) in [4.78, 5) is 27.2. The zero-order valence-electron chi connectivity index (χ0n) is 11.7. The summed E-state index contributed by atoms with van der Waals surface area (Å²) in [7, 11) is 0. The summed E-state index contributed by atoms with van der Waals surface area (Å²) in [6.07, 6.45) is 1.56. The molecule has 5 nitrogen and oxygen atoms in total. The van der Waals surface area contributed by atoms with Crippen molar-refractivity contribution in [2.45, 2.75) is 0 Å². The summed E-state index contributed by atoms with van der Waals surface area (Å²) in [5.74, 6) is -1.63. The Bertz CT molecular complexity index is 907. The van der Waals surface area contributed by atoms with E-state index in [0.29, 0.717) is 10.0 Å². The minimum atomic E-state index is -0.621. The van der Waals surface area contributed by atoms with Crippen molar-refractivity contribution < 1.29 is 14.0 Å². The lowest BCUT2D eigenvalue weighted by molar-refractivity contribution is 0.0847. The maximum absolute atomic E-state index is 13.2. The van der Waals surface area contributed by atoms with E-state index in [4.69, 9.17) is 0 Å². The SMILES string of the molecule is O=C(NNC(=O)c1c[nH]c2ccccc12)c1cc(F)ccc1Br. The zero-order valence-corrected chi connectivity index (χ0v) is 13.3. The summed E-state index contributed by atoms with van der Waals surface area (Å²) in [6.45, 7) is 0. The van der Waals surface area contributed by atoms with E-state index in [-0.39, 0.29) is 5.56 Å². The molecule has 0 fully saturated rings. The van der Waals surface area contributed by atoms with Gasteiger partial charge < -0.3 is 4.98 Å². The fraction of sp³-hybridized carbons (Fsp3) is 0. The number of benzene rings is 2. The normalized spacial score (nSPS) is 10.5.